The van der Waals surface area contributed by atoms with E-state index in [-0.39, 0.29) is 12.3 Å². The van der Waals surface area contributed by atoms with Crippen molar-refractivity contribution in [3.8, 4) is 5.75 Å². The first-order valence-corrected chi connectivity index (χ1v) is 10.2. The summed E-state index contributed by atoms with van der Waals surface area (Å²) in [5.74, 6) is -0.0293. The van der Waals surface area contributed by atoms with Gasteiger partial charge < -0.3 is 20.1 Å². The number of para-hydroxylation sites is 1. The summed E-state index contributed by atoms with van der Waals surface area (Å²) in [4.78, 5) is 13.5. The van der Waals surface area contributed by atoms with Gasteiger partial charge in [0.15, 0.2) is 0 Å². The molecule has 0 fully saturated rings. The van der Waals surface area contributed by atoms with E-state index >= 15 is 0 Å². The van der Waals surface area contributed by atoms with Crippen LogP contribution in [0.25, 0.3) is 0 Å². The third-order valence-corrected chi connectivity index (χ3v) is 5.68. The van der Waals surface area contributed by atoms with Crippen molar-refractivity contribution >= 4 is 17.3 Å². The lowest BCUT2D eigenvalue weighted by atomic mass is 9.97. The molecule has 5 heteroatoms. The number of carboxylic acid groups (broad SMARTS) is 1. The van der Waals surface area contributed by atoms with E-state index in [0.29, 0.717) is 6.61 Å². The number of benzene rings is 2. The summed E-state index contributed by atoms with van der Waals surface area (Å²) in [5, 5.41) is 12.6. The van der Waals surface area contributed by atoms with Crippen LogP contribution in [-0.2, 0) is 17.8 Å². The fraction of sp³-hybridized carbons (Fsp3) is 0.435. The second kappa shape index (κ2) is 8.13. The van der Waals surface area contributed by atoms with Crippen LogP contribution >= 0.6 is 0 Å². The van der Waals surface area contributed by atoms with Crippen LogP contribution in [0.2, 0.25) is 0 Å². The smallest absolute Gasteiger partial charge is 0.304 e. The first-order chi connectivity index (χ1) is 13.7. The van der Waals surface area contributed by atoms with E-state index in [4.69, 9.17) is 9.84 Å². The fourth-order valence-corrected chi connectivity index (χ4v) is 4.42. The number of aliphatic carboxylic acids is 1. The summed E-state index contributed by atoms with van der Waals surface area (Å²) < 4.78 is 5.73. The zero-order valence-electron chi connectivity index (χ0n) is 16.4. The molecule has 2 heterocycles. The topological polar surface area (TPSA) is 61.8 Å². The van der Waals surface area contributed by atoms with Crippen molar-refractivity contribution in [3.63, 3.8) is 0 Å². The van der Waals surface area contributed by atoms with Gasteiger partial charge in [-0.15, -0.1) is 0 Å². The van der Waals surface area contributed by atoms with Crippen LogP contribution < -0.4 is 15.0 Å². The number of hydrogen-bond donors (Lipinski definition) is 2. The van der Waals surface area contributed by atoms with Crippen molar-refractivity contribution in [1.29, 1.82) is 0 Å². The van der Waals surface area contributed by atoms with E-state index in [1.165, 1.54) is 23.2 Å². The zero-order chi connectivity index (χ0) is 19.5. The van der Waals surface area contributed by atoms with Gasteiger partial charge >= 0.3 is 5.97 Å². The van der Waals surface area contributed by atoms with Gasteiger partial charge in [0, 0.05) is 48.6 Å². The third-order valence-electron chi connectivity index (χ3n) is 5.68. The molecule has 148 valence electrons. The molecule has 0 bridgehead atoms. The largest absolute Gasteiger partial charge is 0.493 e. The average Bonchev–Trinajstić information content (AvgIpc) is 3.08. The van der Waals surface area contributed by atoms with Crippen LogP contribution in [0, 0.1) is 0 Å². The SMILES string of the molecule is CCCN1CCCc2cccc(CNc3ccc4c(c3)OCC4CC(=O)O)c21. The number of rotatable bonds is 7. The Balaban J connectivity index is 1.50. The fourth-order valence-electron chi connectivity index (χ4n) is 4.42. The van der Waals surface area contributed by atoms with E-state index in [0.717, 1.165) is 49.5 Å². The first kappa shape index (κ1) is 18.7. The number of hydrogen-bond acceptors (Lipinski definition) is 4. The Morgan fingerprint density at radius 2 is 2.21 bits per heavy atom. The summed E-state index contributed by atoms with van der Waals surface area (Å²) in [5.41, 5.74) is 6.19. The molecule has 5 nitrogen and oxygen atoms in total. The molecule has 0 saturated carbocycles. The van der Waals surface area contributed by atoms with Gasteiger partial charge in [0.05, 0.1) is 13.0 Å². The highest BCUT2D eigenvalue weighted by Gasteiger charge is 2.26. The molecule has 2 aliphatic rings. The Morgan fingerprint density at radius 3 is 3.04 bits per heavy atom. The lowest BCUT2D eigenvalue weighted by molar-refractivity contribution is -0.137. The molecule has 2 N–H and O–H groups in total. The predicted molar refractivity (Wildman–Crippen MR) is 112 cm³/mol. The number of nitrogens with zero attached hydrogens (tertiary/aromatic N) is 1. The standard InChI is InChI=1S/C23H28N2O3/c1-2-10-25-11-4-7-16-5-3-6-17(23(16)25)14-24-19-8-9-20-18(12-22(26)27)15-28-21(20)13-19/h3,5-6,8-9,13,18,24H,2,4,7,10-12,14-15H2,1H3,(H,26,27). The molecular weight excluding hydrogens is 352 g/mol. The molecule has 1 atom stereocenters. The molecule has 2 aromatic rings. The number of ether oxygens (including phenoxy) is 1. The minimum absolute atomic E-state index is 0.0507. The summed E-state index contributed by atoms with van der Waals surface area (Å²) in [6.07, 6.45) is 3.65. The van der Waals surface area contributed by atoms with Gasteiger partial charge in [0.1, 0.15) is 5.75 Å². The first-order valence-electron chi connectivity index (χ1n) is 10.2. The third kappa shape index (κ3) is 3.79. The molecule has 2 aromatic carbocycles. The molecule has 4 rings (SSSR count). The minimum Gasteiger partial charge on any atom is -0.493 e. The zero-order valence-corrected chi connectivity index (χ0v) is 16.4. The summed E-state index contributed by atoms with van der Waals surface area (Å²) >= 11 is 0. The van der Waals surface area contributed by atoms with Crippen molar-refractivity contribution in [2.75, 3.05) is 29.9 Å². The molecule has 0 aliphatic carbocycles. The van der Waals surface area contributed by atoms with E-state index in [9.17, 15) is 4.79 Å². The van der Waals surface area contributed by atoms with Gasteiger partial charge in [-0.1, -0.05) is 31.2 Å². The number of aryl methyl sites for hydroxylation is 1. The van der Waals surface area contributed by atoms with Gasteiger partial charge in [-0.05, 0) is 36.5 Å². The maximum atomic E-state index is 11.0. The van der Waals surface area contributed by atoms with Crippen molar-refractivity contribution in [2.45, 2.75) is 45.1 Å². The Labute approximate surface area is 166 Å². The van der Waals surface area contributed by atoms with Gasteiger partial charge in [-0.3, -0.25) is 4.79 Å². The minimum atomic E-state index is -0.783. The highest BCUT2D eigenvalue weighted by molar-refractivity contribution is 5.69. The van der Waals surface area contributed by atoms with E-state index < -0.39 is 5.97 Å². The number of nitrogens with one attached hydrogen (secondary N) is 1. The van der Waals surface area contributed by atoms with Crippen molar-refractivity contribution in [2.24, 2.45) is 0 Å². The predicted octanol–water partition coefficient (Wildman–Crippen LogP) is 4.41. The lowest BCUT2D eigenvalue weighted by Gasteiger charge is -2.33. The maximum absolute atomic E-state index is 11.0. The van der Waals surface area contributed by atoms with Crippen LogP contribution in [0.3, 0.4) is 0 Å². The van der Waals surface area contributed by atoms with Crippen molar-refractivity contribution in [1.82, 2.24) is 0 Å². The molecule has 1 unspecified atom stereocenters. The number of anilines is 2. The second-order valence-corrected chi connectivity index (χ2v) is 7.73. The van der Waals surface area contributed by atoms with Gasteiger partial charge in [-0.25, -0.2) is 0 Å². The molecular formula is C23H28N2O3. The van der Waals surface area contributed by atoms with Gasteiger partial charge in [0.25, 0.3) is 0 Å². The Kier molecular flexibility index (Phi) is 5.42. The highest BCUT2D eigenvalue weighted by atomic mass is 16.5. The maximum Gasteiger partial charge on any atom is 0.304 e. The molecule has 28 heavy (non-hydrogen) atoms. The van der Waals surface area contributed by atoms with E-state index in [1.807, 2.05) is 18.2 Å². The van der Waals surface area contributed by atoms with Crippen LogP contribution in [0.15, 0.2) is 36.4 Å². The number of carboxylic acids is 1. The molecule has 2 aliphatic heterocycles. The average molecular weight is 380 g/mol. The number of fused-ring (bicyclic) bond motifs is 2. The molecule has 0 radical (unpaired) electrons. The monoisotopic (exact) mass is 380 g/mol. The Morgan fingerprint density at radius 1 is 1.32 bits per heavy atom. The normalized spacial score (nSPS) is 17.6. The van der Waals surface area contributed by atoms with Crippen LogP contribution in [0.5, 0.6) is 5.75 Å². The van der Waals surface area contributed by atoms with Crippen LogP contribution in [-0.4, -0.2) is 30.8 Å². The van der Waals surface area contributed by atoms with E-state index in [1.54, 1.807) is 0 Å². The lowest BCUT2D eigenvalue weighted by Crippen LogP contribution is -2.31. The molecule has 0 aromatic heterocycles. The summed E-state index contributed by atoms with van der Waals surface area (Å²) in [6.45, 7) is 5.68. The highest BCUT2D eigenvalue weighted by Crippen LogP contribution is 2.38. The van der Waals surface area contributed by atoms with Crippen molar-refractivity contribution in [3.05, 3.63) is 53.1 Å². The van der Waals surface area contributed by atoms with Gasteiger partial charge in [0.2, 0.25) is 0 Å². The molecule has 0 spiro atoms. The quantitative estimate of drug-likeness (QED) is 0.745. The second-order valence-electron chi connectivity index (χ2n) is 7.73. The Bertz CT molecular complexity index is 865. The van der Waals surface area contributed by atoms with E-state index in [2.05, 4.69) is 35.3 Å². The molecule has 0 amide bonds. The Hall–Kier alpha value is -2.69. The van der Waals surface area contributed by atoms with Crippen LogP contribution in [0.1, 0.15) is 48.8 Å². The molecule has 0 saturated heterocycles. The van der Waals surface area contributed by atoms with Crippen molar-refractivity contribution < 1.29 is 14.6 Å². The summed E-state index contributed by atoms with van der Waals surface area (Å²) in [6, 6.07) is 12.7. The van der Waals surface area contributed by atoms with Gasteiger partial charge in [-0.2, -0.15) is 0 Å². The number of carbonyl (C=O) groups is 1. The summed E-state index contributed by atoms with van der Waals surface area (Å²) in [7, 11) is 0. The van der Waals surface area contributed by atoms with Crippen LogP contribution in [0.4, 0.5) is 11.4 Å².